The number of allylic oxidation sites excluding steroid dienone is 1. The van der Waals surface area contributed by atoms with Gasteiger partial charge < -0.3 is 5.84 Å². The van der Waals surface area contributed by atoms with Gasteiger partial charge in [-0.05, 0) is 55.7 Å². The maximum absolute atomic E-state index is 6.02. The smallest absolute Gasteiger partial charge is 0.0646 e. The second-order valence-corrected chi connectivity index (χ2v) is 6.53. The molecule has 1 heterocycles. The summed E-state index contributed by atoms with van der Waals surface area (Å²) >= 11 is 0. The molecule has 1 saturated carbocycles. The highest BCUT2D eigenvalue weighted by Gasteiger charge is 2.18. The monoisotopic (exact) mass is 334 g/mol. The predicted molar refractivity (Wildman–Crippen MR) is 111 cm³/mol. The van der Waals surface area contributed by atoms with Gasteiger partial charge in [-0.25, -0.2) is 0 Å². The molecule has 2 nitrogen and oxygen atoms in total. The van der Waals surface area contributed by atoms with Crippen molar-refractivity contribution < 1.29 is 0 Å². The molecule has 2 rings (SSSR count). The minimum Gasteiger partial charge on any atom is -0.339 e. The SMILES string of the molecule is CC.CC.CC/C(=C\c1c(C)ccn1N)C1CCCCC(C)CC1. The molecular weight excluding hydrogens is 292 g/mol. The van der Waals surface area contributed by atoms with E-state index in [2.05, 4.69) is 32.9 Å². The molecule has 2 unspecified atom stereocenters. The highest BCUT2D eigenvalue weighted by molar-refractivity contribution is 5.54. The Morgan fingerprint density at radius 1 is 1.12 bits per heavy atom. The molecule has 1 aliphatic rings. The van der Waals surface area contributed by atoms with E-state index in [-0.39, 0.29) is 0 Å². The zero-order valence-electron chi connectivity index (χ0n) is 17.4. The third-order valence-corrected chi connectivity index (χ3v) is 4.93. The maximum Gasteiger partial charge on any atom is 0.0646 e. The number of nitrogens with two attached hydrogens (primary N) is 1. The Labute approximate surface area is 151 Å². The highest BCUT2D eigenvalue weighted by atomic mass is 15.3. The molecular formula is C22H42N2. The molecule has 2 heteroatoms. The Hall–Kier alpha value is -1.18. The van der Waals surface area contributed by atoms with E-state index in [1.54, 1.807) is 10.2 Å². The van der Waals surface area contributed by atoms with E-state index >= 15 is 0 Å². The van der Waals surface area contributed by atoms with Gasteiger partial charge in [-0.2, -0.15) is 0 Å². The summed E-state index contributed by atoms with van der Waals surface area (Å²) < 4.78 is 1.76. The van der Waals surface area contributed by atoms with Crippen molar-refractivity contribution in [3.05, 3.63) is 29.1 Å². The van der Waals surface area contributed by atoms with Gasteiger partial charge in [0.15, 0.2) is 0 Å². The van der Waals surface area contributed by atoms with E-state index in [0.29, 0.717) is 0 Å². The van der Waals surface area contributed by atoms with Crippen LogP contribution in [0, 0.1) is 18.8 Å². The van der Waals surface area contributed by atoms with Gasteiger partial charge in [-0.3, -0.25) is 4.68 Å². The van der Waals surface area contributed by atoms with Gasteiger partial charge in [0.1, 0.15) is 0 Å². The third kappa shape index (κ3) is 7.15. The van der Waals surface area contributed by atoms with Crippen LogP contribution >= 0.6 is 0 Å². The molecule has 2 atom stereocenters. The first-order valence-electron chi connectivity index (χ1n) is 10.2. The van der Waals surface area contributed by atoms with Crippen LogP contribution < -0.4 is 5.84 Å². The van der Waals surface area contributed by atoms with Crippen molar-refractivity contribution in [1.29, 1.82) is 0 Å². The van der Waals surface area contributed by atoms with Crippen molar-refractivity contribution in [3.8, 4) is 0 Å². The van der Waals surface area contributed by atoms with Crippen LogP contribution in [0.3, 0.4) is 0 Å². The predicted octanol–water partition coefficient (Wildman–Crippen LogP) is 6.96. The molecule has 0 spiro atoms. The zero-order valence-corrected chi connectivity index (χ0v) is 17.4. The van der Waals surface area contributed by atoms with Gasteiger partial charge in [0.05, 0.1) is 5.69 Å². The second-order valence-electron chi connectivity index (χ2n) is 6.53. The number of nitrogen functional groups attached to an aromatic ring is 1. The minimum atomic E-state index is 0.761. The summed E-state index contributed by atoms with van der Waals surface area (Å²) in [6.07, 6.45) is 13.7. The van der Waals surface area contributed by atoms with Crippen molar-refractivity contribution in [2.75, 3.05) is 5.84 Å². The van der Waals surface area contributed by atoms with Crippen LogP contribution in [0.4, 0.5) is 0 Å². The van der Waals surface area contributed by atoms with Crippen molar-refractivity contribution in [3.63, 3.8) is 0 Å². The number of hydrogen-bond acceptors (Lipinski definition) is 1. The number of aromatic nitrogens is 1. The zero-order chi connectivity index (χ0) is 18.5. The van der Waals surface area contributed by atoms with Crippen LogP contribution in [0.2, 0.25) is 0 Å². The summed E-state index contributed by atoms with van der Waals surface area (Å²) in [7, 11) is 0. The van der Waals surface area contributed by atoms with E-state index in [1.165, 1.54) is 49.8 Å². The van der Waals surface area contributed by atoms with Crippen LogP contribution in [0.25, 0.3) is 6.08 Å². The van der Waals surface area contributed by atoms with E-state index in [0.717, 1.165) is 18.3 Å². The van der Waals surface area contributed by atoms with Gasteiger partial charge >= 0.3 is 0 Å². The minimum absolute atomic E-state index is 0.761. The fraction of sp³-hybridized carbons (Fsp3) is 0.727. The highest BCUT2D eigenvalue weighted by Crippen LogP contribution is 2.33. The summed E-state index contributed by atoms with van der Waals surface area (Å²) in [5.74, 6) is 7.68. The quantitative estimate of drug-likeness (QED) is 0.595. The molecule has 1 aliphatic carbocycles. The summed E-state index contributed by atoms with van der Waals surface area (Å²) in [6.45, 7) is 14.8. The lowest BCUT2D eigenvalue weighted by atomic mass is 9.81. The molecule has 140 valence electrons. The van der Waals surface area contributed by atoms with E-state index < -0.39 is 0 Å². The van der Waals surface area contributed by atoms with E-state index in [4.69, 9.17) is 5.84 Å². The van der Waals surface area contributed by atoms with Crippen molar-refractivity contribution in [1.82, 2.24) is 4.68 Å². The van der Waals surface area contributed by atoms with Crippen LogP contribution in [-0.4, -0.2) is 4.68 Å². The molecule has 2 N–H and O–H groups in total. The lowest BCUT2D eigenvalue weighted by molar-refractivity contribution is 0.351. The Bertz CT molecular complexity index is 437. The summed E-state index contributed by atoms with van der Waals surface area (Å²) in [6, 6.07) is 2.10. The standard InChI is InChI=1S/C18H30N2.2C2H6/c1-4-16(13-18-15(3)11-12-20(18)19)17-8-6-5-7-14(2)9-10-17;2*1-2/h11-14,17H,4-10,19H2,1-3H3;2*1-2H3/b16-13+;;. The lowest BCUT2D eigenvalue weighted by Crippen LogP contribution is -2.12. The summed E-state index contributed by atoms with van der Waals surface area (Å²) in [5.41, 5.74) is 4.04. The Balaban J connectivity index is 0.00000123. The first-order chi connectivity index (χ1) is 11.6. The molecule has 0 radical (unpaired) electrons. The van der Waals surface area contributed by atoms with Crippen LogP contribution in [-0.2, 0) is 0 Å². The topological polar surface area (TPSA) is 30.9 Å². The van der Waals surface area contributed by atoms with Gasteiger partial charge in [0.25, 0.3) is 0 Å². The van der Waals surface area contributed by atoms with Gasteiger partial charge in [-0.1, -0.05) is 72.8 Å². The molecule has 0 aliphatic heterocycles. The molecule has 0 bridgehead atoms. The normalized spacial score (nSPS) is 21.5. The average Bonchev–Trinajstić information content (AvgIpc) is 2.92. The second kappa shape index (κ2) is 13.1. The first-order valence-corrected chi connectivity index (χ1v) is 10.2. The molecule has 0 amide bonds. The Kier molecular flexibility index (Phi) is 12.5. The van der Waals surface area contributed by atoms with Crippen molar-refractivity contribution in [2.24, 2.45) is 11.8 Å². The number of hydrogen-bond donors (Lipinski definition) is 1. The fourth-order valence-corrected chi connectivity index (χ4v) is 3.46. The van der Waals surface area contributed by atoms with Crippen LogP contribution in [0.5, 0.6) is 0 Å². The third-order valence-electron chi connectivity index (χ3n) is 4.93. The van der Waals surface area contributed by atoms with Gasteiger partial charge in [-0.15, -0.1) is 0 Å². The number of rotatable bonds is 3. The summed E-state index contributed by atoms with van der Waals surface area (Å²) in [4.78, 5) is 0. The Morgan fingerprint density at radius 2 is 1.75 bits per heavy atom. The largest absolute Gasteiger partial charge is 0.339 e. The van der Waals surface area contributed by atoms with Crippen molar-refractivity contribution in [2.45, 2.75) is 93.4 Å². The van der Waals surface area contributed by atoms with Crippen LogP contribution in [0.1, 0.15) is 97.7 Å². The number of aryl methyl sites for hydroxylation is 1. The molecule has 24 heavy (non-hydrogen) atoms. The maximum atomic E-state index is 6.02. The molecule has 0 saturated heterocycles. The van der Waals surface area contributed by atoms with Gasteiger partial charge in [0, 0.05) is 6.20 Å². The Morgan fingerprint density at radius 3 is 2.29 bits per heavy atom. The van der Waals surface area contributed by atoms with E-state index in [1.807, 2.05) is 33.9 Å². The molecule has 1 fully saturated rings. The summed E-state index contributed by atoms with van der Waals surface area (Å²) in [5, 5.41) is 0. The molecule has 1 aromatic rings. The molecule has 1 aromatic heterocycles. The average molecular weight is 335 g/mol. The number of nitrogens with zero attached hydrogens (tertiary/aromatic N) is 1. The van der Waals surface area contributed by atoms with Crippen LogP contribution in [0.15, 0.2) is 17.8 Å². The first kappa shape index (κ1) is 22.8. The molecule has 0 aromatic carbocycles. The van der Waals surface area contributed by atoms with E-state index in [9.17, 15) is 0 Å². The lowest BCUT2D eigenvalue weighted by Gasteiger charge is -2.25. The fourth-order valence-electron chi connectivity index (χ4n) is 3.46. The van der Waals surface area contributed by atoms with Crippen molar-refractivity contribution >= 4 is 6.08 Å². The van der Waals surface area contributed by atoms with Gasteiger partial charge in [0.2, 0.25) is 0 Å².